The molecule has 4 heteroatoms. The highest BCUT2D eigenvalue weighted by Crippen LogP contribution is 2.08. The first kappa shape index (κ1) is 14.6. The zero-order valence-corrected chi connectivity index (χ0v) is 11.8. The van der Waals surface area contributed by atoms with Crippen LogP contribution in [0, 0.1) is 0 Å². The summed E-state index contributed by atoms with van der Waals surface area (Å²) in [6.45, 7) is 5.09. The van der Waals surface area contributed by atoms with Gasteiger partial charge in [-0.05, 0) is 55.4 Å². The van der Waals surface area contributed by atoms with E-state index in [0.29, 0.717) is 0 Å². The molecule has 0 aliphatic rings. The van der Waals surface area contributed by atoms with Crippen molar-refractivity contribution in [1.29, 1.82) is 0 Å². The average Bonchev–Trinajstić information content (AvgIpc) is 2.80. The van der Waals surface area contributed by atoms with Crippen molar-refractivity contribution in [1.82, 2.24) is 10.2 Å². The Bertz CT molecular complexity index is 264. The van der Waals surface area contributed by atoms with Gasteiger partial charge in [0.1, 0.15) is 0 Å². The van der Waals surface area contributed by atoms with Crippen molar-refractivity contribution in [3.05, 3.63) is 22.4 Å². The van der Waals surface area contributed by atoms with Gasteiger partial charge in [-0.3, -0.25) is 0 Å². The van der Waals surface area contributed by atoms with Crippen molar-refractivity contribution in [2.45, 2.75) is 19.4 Å². The summed E-state index contributed by atoms with van der Waals surface area (Å²) in [6, 6.07) is 2.20. The van der Waals surface area contributed by atoms with Crippen LogP contribution in [-0.4, -0.2) is 45.3 Å². The molecule has 0 spiro atoms. The van der Waals surface area contributed by atoms with Crippen LogP contribution in [0.25, 0.3) is 0 Å². The Kier molecular flexibility index (Phi) is 8.26. The van der Waals surface area contributed by atoms with Crippen molar-refractivity contribution in [2.24, 2.45) is 0 Å². The summed E-state index contributed by atoms with van der Waals surface area (Å²) in [4.78, 5) is 2.39. The predicted octanol–water partition coefficient (Wildman–Crippen LogP) is 2.20. The molecule has 0 aliphatic carbocycles. The number of hydrogen-bond acceptors (Lipinski definition) is 4. The number of methoxy groups -OCH3 is 1. The molecule has 1 rings (SSSR count). The van der Waals surface area contributed by atoms with Gasteiger partial charge in [-0.2, -0.15) is 11.3 Å². The van der Waals surface area contributed by atoms with E-state index in [9.17, 15) is 0 Å². The highest BCUT2D eigenvalue weighted by molar-refractivity contribution is 7.07. The molecule has 0 aromatic carbocycles. The first-order chi connectivity index (χ1) is 8.33. The molecule has 0 bridgehead atoms. The molecule has 1 N–H and O–H groups in total. The normalized spacial score (nSPS) is 11.2. The van der Waals surface area contributed by atoms with Gasteiger partial charge in [0.05, 0.1) is 6.61 Å². The first-order valence-corrected chi connectivity index (χ1v) is 7.16. The molecule has 1 aromatic heterocycles. The van der Waals surface area contributed by atoms with Gasteiger partial charge in [-0.1, -0.05) is 0 Å². The number of unbranched alkanes of at least 4 members (excludes halogenated alkanes) is 1. The van der Waals surface area contributed by atoms with E-state index in [-0.39, 0.29) is 0 Å². The second-order valence-electron chi connectivity index (χ2n) is 4.32. The lowest BCUT2D eigenvalue weighted by atomic mass is 10.2. The summed E-state index contributed by atoms with van der Waals surface area (Å²) < 4.78 is 4.98. The van der Waals surface area contributed by atoms with Crippen LogP contribution < -0.4 is 5.32 Å². The molecule has 0 amide bonds. The van der Waals surface area contributed by atoms with Crippen molar-refractivity contribution in [3.8, 4) is 0 Å². The van der Waals surface area contributed by atoms with Crippen LogP contribution in [0.3, 0.4) is 0 Å². The van der Waals surface area contributed by atoms with E-state index in [2.05, 4.69) is 34.1 Å². The molecule has 0 aliphatic heterocycles. The fourth-order valence-electron chi connectivity index (χ4n) is 1.70. The van der Waals surface area contributed by atoms with Gasteiger partial charge >= 0.3 is 0 Å². The SMILES string of the molecule is COCCNCCCCN(C)Cc1ccsc1. The Hall–Kier alpha value is -0.420. The molecule has 0 fully saturated rings. The maximum absolute atomic E-state index is 4.98. The molecule has 1 heterocycles. The van der Waals surface area contributed by atoms with Crippen LogP contribution in [-0.2, 0) is 11.3 Å². The lowest BCUT2D eigenvalue weighted by Crippen LogP contribution is -2.23. The largest absolute Gasteiger partial charge is 0.383 e. The minimum Gasteiger partial charge on any atom is -0.383 e. The van der Waals surface area contributed by atoms with Crippen molar-refractivity contribution < 1.29 is 4.74 Å². The zero-order valence-electron chi connectivity index (χ0n) is 10.9. The Morgan fingerprint density at radius 3 is 2.94 bits per heavy atom. The predicted molar refractivity (Wildman–Crippen MR) is 74.6 cm³/mol. The molecule has 0 atom stereocenters. The third-order valence-corrected chi connectivity index (χ3v) is 3.39. The minimum absolute atomic E-state index is 0.804. The van der Waals surface area contributed by atoms with Crippen molar-refractivity contribution in [3.63, 3.8) is 0 Å². The molecule has 0 saturated heterocycles. The number of nitrogens with one attached hydrogen (secondary N) is 1. The van der Waals surface area contributed by atoms with Crippen molar-refractivity contribution in [2.75, 3.05) is 40.4 Å². The number of hydrogen-bond donors (Lipinski definition) is 1. The van der Waals surface area contributed by atoms with E-state index in [4.69, 9.17) is 4.74 Å². The highest BCUT2D eigenvalue weighted by atomic mass is 32.1. The summed E-state index contributed by atoms with van der Waals surface area (Å²) in [5.74, 6) is 0. The molecular weight excluding hydrogens is 232 g/mol. The summed E-state index contributed by atoms with van der Waals surface area (Å²) in [5, 5.41) is 7.73. The van der Waals surface area contributed by atoms with Gasteiger partial charge in [-0.15, -0.1) is 0 Å². The monoisotopic (exact) mass is 256 g/mol. The van der Waals surface area contributed by atoms with E-state index in [0.717, 1.165) is 26.2 Å². The fourth-order valence-corrected chi connectivity index (χ4v) is 2.36. The quantitative estimate of drug-likeness (QED) is 0.650. The minimum atomic E-state index is 0.804. The van der Waals surface area contributed by atoms with Gasteiger partial charge < -0.3 is 15.0 Å². The second kappa shape index (κ2) is 9.59. The van der Waals surface area contributed by atoms with Gasteiger partial charge in [0.15, 0.2) is 0 Å². The first-order valence-electron chi connectivity index (χ1n) is 6.22. The molecular formula is C13H24N2OS. The van der Waals surface area contributed by atoms with Gasteiger partial charge in [0, 0.05) is 20.2 Å². The van der Waals surface area contributed by atoms with Crippen LogP contribution in [0.2, 0.25) is 0 Å². The Labute approximate surface area is 109 Å². The summed E-state index contributed by atoms with van der Waals surface area (Å²) in [6.07, 6.45) is 2.48. The van der Waals surface area contributed by atoms with Crippen LogP contribution in [0.1, 0.15) is 18.4 Å². The summed E-state index contributed by atoms with van der Waals surface area (Å²) in [5.41, 5.74) is 1.43. The Balaban J connectivity index is 1.92. The number of ether oxygens (including phenoxy) is 1. The summed E-state index contributed by atoms with van der Waals surface area (Å²) >= 11 is 1.77. The van der Waals surface area contributed by atoms with Gasteiger partial charge in [0.25, 0.3) is 0 Å². The van der Waals surface area contributed by atoms with E-state index in [1.807, 2.05) is 0 Å². The zero-order chi connectivity index (χ0) is 12.3. The summed E-state index contributed by atoms with van der Waals surface area (Å²) in [7, 11) is 3.93. The van der Waals surface area contributed by atoms with Gasteiger partial charge in [-0.25, -0.2) is 0 Å². The Morgan fingerprint density at radius 2 is 2.24 bits per heavy atom. The number of nitrogens with zero attached hydrogens (tertiary/aromatic N) is 1. The third kappa shape index (κ3) is 7.49. The fraction of sp³-hybridized carbons (Fsp3) is 0.692. The van der Waals surface area contributed by atoms with Gasteiger partial charge in [0.2, 0.25) is 0 Å². The van der Waals surface area contributed by atoms with Crippen molar-refractivity contribution >= 4 is 11.3 Å². The lowest BCUT2D eigenvalue weighted by Gasteiger charge is -2.15. The molecule has 17 heavy (non-hydrogen) atoms. The maximum Gasteiger partial charge on any atom is 0.0587 e. The average molecular weight is 256 g/mol. The molecule has 98 valence electrons. The van der Waals surface area contributed by atoms with Crippen LogP contribution in [0.4, 0.5) is 0 Å². The number of thiophene rings is 1. The smallest absolute Gasteiger partial charge is 0.0587 e. The molecule has 3 nitrogen and oxygen atoms in total. The van der Waals surface area contributed by atoms with E-state index in [1.54, 1.807) is 18.4 Å². The number of rotatable bonds is 10. The van der Waals surface area contributed by atoms with E-state index in [1.165, 1.54) is 24.9 Å². The van der Waals surface area contributed by atoms with Crippen LogP contribution in [0.15, 0.2) is 16.8 Å². The molecule has 0 saturated carbocycles. The lowest BCUT2D eigenvalue weighted by molar-refractivity contribution is 0.199. The standard InChI is InChI=1S/C13H24N2OS/c1-15(11-13-5-10-17-12-13)8-4-3-6-14-7-9-16-2/h5,10,12,14H,3-4,6-9,11H2,1-2H3. The maximum atomic E-state index is 4.98. The third-order valence-electron chi connectivity index (χ3n) is 2.66. The van der Waals surface area contributed by atoms with Crippen LogP contribution >= 0.6 is 11.3 Å². The molecule has 0 radical (unpaired) electrons. The topological polar surface area (TPSA) is 24.5 Å². The Morgan fingerprint density at radius 1 is 1.35 bits per heavy atom. The highest BCUT2D eigenvalue weighted by Gasteiger charge is 2.00. The molecule has 1 aromatic rings. The second-order valence-corrected chi connectivity index (χ2v) is 5.10. The van der Waals surface area contributed by atoms with E-state index < -0.39 is 0 Å². The van der Waals surface area contributed by atoms with Crippen LogP contribution in [0.5, 0.6) is 0 Å². The van der Waals surface area contributed by atoms with E-state index >= 15 is 0 Å². The molecule has 0 unspecified atom stereocenters.